The Balaban J connectivity index is 1.90. The predicted molar refractivity (Wildman–Crippen MR) is 114 cm³/mol. The van der Waals surface area contributed by atoms with Crippen LogP contribution in [0.4, 0.5) is 5.69 Å². The Morgan fingerprint density at radius 1 is 0.867 bits per heavy atom. The summed E-state index contributed by atoms with van der Waals surface area (Å²) in [5.74, 6) is 0.0853. The molecule has 3 aromatic rings. The lowest BCUT2D eigenvalue weighted by atomic mass is 9.99. The second-order valence-electron chi connectivity index (χ2n) is 6.97. The molecule has 0 aromatic heterocycles. The van der Waals surface area contributed by atoms with Crippen LogP contribution < -0.4 is 4.74 Å². The third-order valence-electron chi connectivity index (χ3n) is 4.91. The summed E-state index contributed by atoms with van der Waals surface area (Å²) in [6.07, 6.45) is 0.391. The maximum absolute atomic E-state index is 12.8. The highest BCUT2D eigenvalue weighted by Gasteiger charge is 2.20. The van der Waals surface area contributed by atoms with Crippen LogP contribution in [0, 0.1) is 24.0 Å². The molecule has 0 atom stereocenters. The quantitative estimate of drug-likeness (QED) is 0.281. The van der Waals surface area contributed by atoms with Gasteiger partial charge in [-0.05, 0) is 67.4 Å². The highest BCUT2D eigenvalue weighted by Crippen LogP contribution is 2.33. The summed E-state index contributed by atoms with van der Waals surface area (Å²) in [6.45, 7) is 5.63. The van der Waals surface area contributed by atoms with Gasteiger partial charge in [0.05, 0.1) is 4.92 Å². The van der Waals surface area contributed by atoms with Crippen molar-refractivity contribution in [2.75, 3.05) is 0 Å². The molecule has 6 nitrogen and oxygen atoms in total. The number of hydrogen-bond donors (Lipinski definition) is 0. The Kier molecular flexibility index (Phi) is 6.06. The minimum atomic E-state index is -0.582. The van der Waals surface area contributed by atoms with E-state index in [1.165, 1.54) is 18.2 Å². The molecule has 3 aromatic carbocycles. The number of nitro benzene ring substituents is 1. The number of carbonyl (C=O) groups excluding carboxylic acids is 2. The number of aryl methyl sites for hydroxylation is 2. The normalized spacial score (nSPS) is 10.5. The second kappa shape index (κ2) is 8.69. The number of nitro groups is 1. The van der Waals surface area contributed by atoms with E-state index in [4.69, 9.17) is 4.74 Å². The fourth-order valence-electron chi connectivity index (χ4n) is 2.98. The molecular formula is C24H21NO5. The summed E-state index contributed by atoms with van der Waals surface area (Å²) < 4.78 is 5.65. The number of Topliss-reactive ketones (excluding diaryl/α,β-unsaturated/α-hetero) is 1. The van der Waals surface area contributed by atoms with Crippen LogP contribution in [0.1, 0.15) is 50.8 Å². The number of rotatable bonds is 7. The Hall–Kier alpha value is -3.80. The molecule has 0 saturated carbocycles. The Morgan fingerprint density at radius 3 is 2.07 bits per heavy atom. The van der Waals surface area contributed by atoms with Crippen molar-refractivity contribution in [2.24, 2.45) is 0 Å². The topological polar surface area (TPSA) is 86.5 Å². The van der Waals surface area contributed by atoms with Gasteiger partial charge in [0.15, 0.2) is 11.6 Å². The molecule has 0 N–H and O–H groups in total. The molecule has 0 unspecified atom stereocenters. The first-order valence-electron chi connectivity index (χ1n) is 9.51. The summed E-state index contributed by atoms with van der Waals surface area (Å²) in [4.78, 5) is 35.5. The lowest BCUT2D eigenvalue weighted by molar-refractivity contribution is -0.385. The summed E-state index contributed by atoms with van der Waals surface area (Å²) in [7, 11) is 0. The van der Waals surface area contributed by atoms with Crippen LogP contribution in [-0.2, 0) is 0 Å². The molecule has 0 amide bonds. The van der Waals surface area contributed by atoms with Crippen molar-refractivity contribution in [3.8, 4) is 11.5 Å². The maximum Gasteiger partial charge on any atom is 0.312 e. The van der Waals surface area contributed by atoms with Gasteiger partial charge in [-0.25, -0.2) is 0 Å². The summed E-state index contributed by atoms with van der Waals surface area (Å²) in [5.41, 5.74) is 2.96. The number of nitrogens with zero attached hydrogens (tertiary/aromatic N) is 1. The molecule has 0 aliphatic heterocycles. The zero-order valence-electron chi connectivity index (χ0n) is 17.0. The van der Waals surface area contributed by atoms with Crippen molar-refractivity contribution in [2.45, 2.75) is 27.2 Å². The van der Waals surface area contributed by atoms with Crippen molar-refractivity contribution >= 4 is 17.3 Å². The first-order valence-corrected chi connectivity index (χ1v) is 9.51. The maximum atomic E-state index is 12.8. The molecule has 30 heavy (non-hydrogen) atoms. The molecule has 0 saturated heterocycles. The van der Waals surface area contributed by atoms with Crippen molar-refractivity contribution < 1.29 is 19.2 Å². The van der Waals surface area contributed by atoms with E-state index in [2.05, 4.69) is 0 Å². The molecule has 6 heteroatoms. The van der Waals surface area contributed by atoms with E-state index in [1.54, 1.807) is 43.3 Å². The zero-order chi connectivity index (χ0) is 21.8. The van der Waals surface area contributed by atoms with Crippen LogP contribution in [0.15, 0.2) is 60.7 Å². The monoisotopic (exact) mass is 403 g/mol. The largest absolute Gasteiger partial charge is 0.450 e. The van der Waals surface area contributed by atoms with Crippen LogP contribution in [0.5, 0.6) is 11.5 Å². The fourth-order valence-corrected chi connectivity index (χ4v) is 2.98. The van der Waals surface area contributed by atoms with Crippen LogP contribution >= 0.6 is 0 Å². The Morgan fingerprint density at radius 2 is 1.47 bits per heavy atom. The summed E-state index contributed by atoms with van der Waals surface area (Å²) in [6, 6.07) is 15.9. The smallest absolute Gasteiger partial charge is 0.312 e. The lowest BCUT2D eigenvalue weighted by Crippen LogP contribution is -2.04. The van der Waals surface area contributed by atoms with E-state index in [0.717, 1.165) is 11.1 Å². The molecule has 0 radical (unpaired) electrons. The minimum absolute atomic E-state index is 0.00161. The van der Waals surface area contributed by atoms with Crippen LogP contribution in [0.2, 0.25) is 0 Å². The van der Waals surface area contributed by atoms with Gasteiger partial charge in [-0.3, -0.25) is 19.7 Å². The Bertz CT molecular complexity index is 1130. The van der Waals surface area contributed by atoms with Crippen molar-refractivity contribution in [3.63, 3.8) is 0 Å². The van der Waals surface area contributed by atoms with Gasteiger partial charge in [-0.15, -0.1) is 0 Å². The van der Waals surface area contributed by atoms with Crippen LogP contribution in [-0.4, -0.2) is 16.5 Å². The van der Waals surface area contributed by atoms with Gasteiger partial charge in [0.2, 0.25) is 5.75 Å². The van der Waals surface area contributed by atoms with Crippen molar-refractivity contribution in [1.82, 2.24) is 0 Å². The number of hydrogen-bond acceptors (Lipinski definition) is 5. The SMILES string of the molecule is CCC(=O)c1ccc(Oc2ccc(C(=O)c3ccc(C)c(C)c3)cc2[N+](=O)[O-])cc1. The lowest BCUT2D eigenvalue weighted by Gasteiger charge is -2.09. The van der Waals surface area contributed by atoms with Crippen LogP contribution in [0.25, 0.3) is 0 Å². The van der Waals surface area contributed by atoms with Gasteiger partial charge in [0, 0.05) is 29.2 Å². The van der Waals surface area contributed by atoms with E-state index >= 15 is 0 Å². The van der Waals surface area contributed by atoms with Gasteiger partial charge < -0.3 is 4.74 Å². The van der Waals surface area contributed by atoms with E-state index in [9.17, 15) is 19.7 Å². The van der Waals surface area contributed by atoms with Crippen molar-refractivity contribution in [1.29, 1.82) is 0 Å². The molecular weight excluding hydrogens is 382 g/mol. The first kappa shape index (κ1) is 20.9. The average molecular weight is 403 g/mol. The highest BCUT2D eigenvalue weighted by molar-refractivity contribution is 6.09. The standard InChI is InChI=1S/C24H21NO5/c1-4-22(26)17-7-10-20(11-8-17)30-23-12-9-19(14-21(23)25(28)29)24(27)18-6-5-15(2)16(3)13-18/h5-14H,4H2,1-3H3. The fraction of sp³-hybridized carbons (Fsp3) is 0.167. The molecule has 0 spiro atoms. The third-order valence-corrected chi connectivity index (χ3v) is 4.91. The van der Waals surface area contributed by atoms with Gasteiger partial charge in [0.1, 0.15) is 5.75 Å². The molecule has 3 rings (SSSR count). The molecule has 152 valence electrons. The van der Waals surface area contributed by atoms with E-state index in [0.29, 0.717) is 23.3 Å². The van der Waals surface area contributed by atoms with Gasteiger partial charge in [-0.2, -0.15) is 0 Å². The number of ketones is 2. The highest BCUT2D eigenvalue weighted by atomic mass is 16.6. The van der Waals surface area contributed by atoms with Crippen molar-refractivity contribution in [3.05, 3.63) is 98.6 Å². The molecule has 0 heterocycles. The molecule has 0 aliphatic carbocycles. The second-order valence-corrected chi connectivity index (χ2v) is 6.97. The average Bonchev–Trinajstić information content (AvgIpc) is 2.75. The van der Waals surface area contributed by atoms with Crippen LogP contribution in [0.3, 0.4) is 0 Å². The number of ether oxygens (including phenoxy) is 1. The number of benzene rings is 3. The van der Waals surface area contributed by atoms with Gasteiger partial charge in [-0.1, -0.05) is 19.1 Å². The van der Waals surface area contributed by atoms with E-state index in [1.807, 2.05) is 19.9 Å². The summed E-state index contributed by atoms with van der Waals surface area (Å²) in [5, 5.41) is 11.6. The zero-order valence-corrected chi connectivity index (χ0v) is 17.0. The Labute approximate surface area is 174 Å². The first-order chi connectivity index (χ1) is 14.3. The molecule has 0 bridgehead atoms. The predicted octanol–water partition coefficient (Wildman–Crippen LogP) is 5.83. The molecule has 0 fully saturated rings. The minimum Gasteiger partial charge on any atom is -0.450 e. The summed E-state index contributed by atoms with van der Waals surface area (Å²) >= 11 is 0. The van der Waals surface area contributed by atoms with E-state index in [-0.39, 0.29) is 28.6 Å². The van der Waals surface area contributed by atoms with E-state index < -0.39 is 4.92 Å². The molecule has 0 aliphatic rings. The van der Waals surface area contributed by atoms with Gasteiger partial charge in [0.25, 0.3) is 0 Å². The number of carbonyl (C=O) groups is 2. The third kappa shape index (κ3) is 4.43. The van der Waals surface area contributed by atoms with Gasteiger partial charge >= 0.3 is 5.69 Å².